The van der Waals surface area contributed by atoms with E-state index in [9.17, 15) is 9.59 Å². The number of amides is 2. The molecule has 0 fully saturated rings. The zero-order valence-electron chi connectivity index (χ0n) is 16.1. The fourth-order valence-electron chi connectivity index (χ4n) is 2.43. The van der Waals surface area contributed by atoms with Crippen LogP contribution in [0.25, 0.3) is 0 Å². The molecule has 0 aliphatic carbocycles. The van der Waals surface area contributed by atoms with Crippen LogP contribution < -0.4 is 15.4 Å². The highest BCUT2D eigenvalue weighted by Crippen LogP contribution is 2.26. The Bertz CT molecular complexity index is 811. The second-order valence-electron chi connectivity index (χ2n) is 6.13. The summed E-state index contributed by atoms with van der Waals surface area (Å²) in [5, 5.41) is 5.64. The van der Waals surface area contributed by atoms with Crippen LogP contribution in [0.5, 0.6) is 5.75 Å². The molecule has 0 atom stereocenters. The molecule has 0 saturated carbocycles. The van der Waals surface area contributed by atoms with Gasteiger partial charge >= 0.3 is 0 Å². The minimum absolute atomic E-state index is 0.188. The molecule has 0 spiro atoms. The number of nitrogens with one attached hydrogen (secondary N) is 2. The Hall–Kier alpha value is -2.38. The van der Waals surface area contributed by atoms with Gasteiger partial charge in [-0.15, -0.1) is 0 Å². The van der Waals surface area contributed by atoms with Crippen molar-refractivity contribution in [3.8, 4) is 5.75 Å². The highest BCUT2D eigenvalue weighted by atomic mass is 79.9. The number of rotatable bonds is 10. The predicted octanol–water partition coefficient (Wildman–Crippen LogP) is 4.26. The van der Waals surface area contributed by atoms with E-state index < -0.39 is 0 Å². The van der Waals surface area contributed by atoms with Crippen LogP contribution in [0.4, 0.5) is 5.69 Å². The minimum Gasteiger partial charge on any atom is -0.492 e. The lowest BCUT2D eigenvalue weighted by Gasteiger charge is -2.10. The van der Waals surface area contributed by atoms with Crippen LogP contribution >= 0.6 is 15.9 Å². The number of hydrogen-bond acceptors (Lipinski definition) is 4. The fourth-order valence-corrected chi connectivity index (χ4v) is 2.93. The van der Waals surface area contributed by atoms with Crippen LogP contribution in [-0.2, 0) is 4.74 Å². The second-order valence-corrected chi connectivity index (χ2v) is 6.99. The monoisotopic (exact) mass is 448 g/mol. The van der Waals surface area contributed by atoms with Gasteiger partial charge in [0, 0.05) is 37.1 Å². The van der Waals surface area contributed by atoms with Crippen molar-refractivity contribution in [3.05, 3.63) is 58.1 Å². The topological polar surface area (TPSA) is 76.7 Å². The average Bonchev–Trinajstić information content (AvgIpc) is 2.70. The Morgan fingerprint density at radius 1 is 1.04 bits per heavy atom. The summed E-state index contributed by atoms with van der Waals surface area (Å²) in [7, 11) is 1.62. The number of methoxy groups -OCH3 is 1. The smallest absolute Gasteiger partial charge is 0.255 e. The number of carbonyl (C=O) groups is 2. The maximum atomic E-state index is 12.5. The molecule has 2 amide bonds. The third-order valence-electron chi connectivity index (χ3n) is 3.85. The lowest BCUT2D eigenvalue weighted by molar-refractivity contribution is 0.0947. The van der Waals surface area contributed by atoms with Crippen LogP contribution in [0.2, 0.25) is 0 Å². The van der Waals surface area contributed by atoms with Gasteiger partial charge in [0.15, 0.2) is 0 Å². The second kappa shape index (κ2) is 11.5. The van der Waals surface area contributed by atoms with Gasteiger partial charge in [-0.05, 0) is 65.2 Å². The molecule has 0 heterocycles. The highest BCUT2D eigenvalue weighted by molar-refractivity contribution is 9.10. The van der Waals surface area contributed by atoms with E-state index in [2.05, 4.69) is 26.6 Å². The van der Waals surface area contributed by atoms with Gasteiger partial charge in [-0.2, -0.15) is 0 Å². The van der Waals surface area contributed by atoms with Gasteiger partial charge in [0.2, 0.25) is 0 Å². The first-order valence-corrected chi connectivity index (χ1v) is 9.95. The van der Waals surface area contributed by atoms with Crippen LogP contribution in [0, 0.1) is 0 Å². The molecular weight excluding hydrogens is 424 g/mol. The summed E-state index contributed by atoms with van der Waals surface area (Å²) in [6.45, 7) is 3.77. The van der Waals surface area contributed by atoms with Crippen molar-refractivity contribution in [2.24, 2.45) is 0 Å². The minimum atomic E-state index is -0.264. The van der Waals surface area contributed by atoms with Gasteiger partial charge < -0.3 is 20.1 Å². The first kappa shape index (κ1) is 21.9. The standard InChI is InChI=1S/C21H25BrN2O4/c1-3-11-28-19-9-8-16(14-18(19)22)21(26)24-17-7-4-6-15(13-17)20(25)23-10-5-12-27-2/h4,6-9,13-14H,3,5,10-12H2,1-2H3,(H,23,25)(H,24,26). The maximum Gasteiger partial charge on any atom is 0.255 e. The van der Waals surface area contributed by atoms with Gasteiger partial charge in [0.1, 0.15) is 5.75 Å². The van der Waals surface area contributed by atoms with Crippen molar-refractivity contribution in [1.82, 2.24) is 5.32 Å². The van der Waals surface area contributed by atoms with Crippen molar-refractivity contribution in [2.75, 3.05) is 32.2 Å². The predicted molar refractivity (Wildman–Crippen MR) is 113 cm³/mol. The molecule has 0 radical (unpaired) electrons. The maximum absolute atomic E-state index is 12.5. The van der Waals surface area contributed by atoms with E-state index >= 15 is 0 Å². The molecule has 2 rings (SSSR count). The molecule has 2 N–H and O–H groups in total. The summed E-state index contributed by atoms with van der Waals surface area (Å²) in [5.74, 6) is 0.248. The Labute approximate surface area is 173 Å². The molecule has 0 aliphatic rings. The summed E-state index contributed by atoms with van der Waals surface area (Å²) in [6.07, 6.45) is 1.65. The van der Waals surface area contributed by atoms with Crippen LogP contribution in [-0.4, -0.2) is 38.7 Å². The van der Waals surface area contributed by atoms with E-state index in [-0.39, 0.29) is 11.8 Å². The first-order valence-electron chi connectivity index (χ1n) is 9.16. The number of anilines is 1. The van der Waals surface area contributed by atoms with E-state index in [1.165, 1.54) is 0 Å². The largest absolute Gasteiger partial charge is 0.492 e. The van der Waals surface area contributed by atoms with Crippen molar-refractivity contribution in [3.63, 3.8) is 0 Å². The number of halogens is 1. The Kier molecular flexibility index (Phi) is 8.97. The molecule has 0 saturated heterocycles. The molecule has 150 valence electrons. The highest BCUT2D eigenvalue weighted by Gasteiger charge is 2.11. The molecule has 28 heavy (non-hydrogen) atoms. The zero-order valence-corrected chi connectivity index (χ0v) is 17.7. The van der Waals surface area contributed by atoms with E-state index in [1.807, 2.05) is 6.92 Å². The molecule has 0 aromatic heterocycles. The Balaban J connectivity index is 2.00. The van der Waals surface area contributed by atoms with Crippen LogP contribution in [0.3, 0.4) is 0 Å². The van der Waals surface area contributed by atoms with Crippen LogP contribution in [0.15, 0.2) is 46.9 Å². The number of carbonyl (C=O) groups excluding carboxylic acids is 2. The Morgan fingerprint density at radius 3 is 2.54 bits per heavy atom. The van der Waals surface area contributed by atoms with Crippen molar-refractivity contribution < 1.29 is 19.1 Å². The molecule has 0 bridgehead atoms. The zero-order chi connectivity index (χ0) is 20.4. The fraction of sp³-hybridized carbons (Fsp3) is 0.333. The molecule has 2 aromatic rings. The SMILES string of the molecule is CCCOc1ccc(C(=O)Nc2cccc(C(=O)NCCCOC)c2)cc1Br. The Morgan fingerprint density at radius 2 is 1.82 bits per heavy atom. The summed E-state index contributed by atoms with van der Waals surface area (Å²) in [5.41, 5.74) is 1.53. The normalized spacial score (nSPS) is 10.4. The third-order valence-corrected chi connectivity index (χ3v) is 4.47. The van der Waals surface area contributed by atoms with E-state index in [0.717, 1.165) is 17.3 Å². The molecule has 0 unspecified atom stereocenters. The van der Waals surface area contributed by atoms with Crippen molar-refractivity contribution in [2.45, 2.75) is 19.8 Å². The van der Waals surface area contributed by atoms with Crippen molar-refractivity contribution in [1.29, 1.82) is 0 Å². The molecule has 6 nitrogen and oxygen atoms in total. The van der Waals surface area contributed by atoms with Gasteiger partial charge in [-0.25, -0.2) is 0 Å². The van der Waals surface area contributed by atoms with Crippen LogP contribution in [0.1, 0.15) is 40.5 Å². The molecular formula is C21H25BrN2O4. The van der Waals surface area contributed by atoms with Crippen molar-refractivity contribution >= 4 is 33.4 Å². The summed E-state index contributed by atoms with van der Waals surface area (Å²) >= 11 is 3.43. The van der Waals surface area contributed by atoms with E-state index in [0.29, 0.717) is 42.3 Å². The lowest BCUT2D eigenvalue weighted by atomic mass is 10.1. The number of ether oxygens (including phenoxy) is 2. The molecule has 7 heteroatoms. The summed E-state index contributed by atoms with van der Waals surface area (Å²) in [4.78, 5) is 24.7. The first-order chi connectivity index (χ1) is 13.5. The average molecular weight is 449 g/mol. The van der Waals surface area contributed by atoms with Gasteiger partial charge in [0.05, 0.1) is 11.1 Å². The molecule has 0 aliphatic heterocycles. The van der Waals surface area contributed by atoms with Gasteiger partial charge in [-0.1, -0.05) is 13.0 Å². The quantitative estimate of drug-likeness (QED) is 0.532. The third kappa shape index (κ3) is 6.65. The summed E-state index contributed by atoms with van der Waals surface area (Å²) < 4.78 is 11.3. The number of hydrogen-bond donors (Lipinski definition) is 2. The number of benzene rings is 2. The van der Waals surface area contributed by atoms with E-state index in [4.69, 9.17) is 9.47 Å². The molecule has 2 aromatic carbocycles. The van der Waals surface area contributed by atoms with Gasteiger partial charge in [-0.3, -0.25) is 9.59 Å². The lowest BCUT2D eigenvalue weighted by Crippen LogP contribution is -2.25. The van der Waals surface area contributed by atoms with E-state index in [1.54, 1.807) is 49.6 Å². The summed E-state index contributed by atoms with van der Waals surface area (Å²) in [6, 6.07) is 12.0. The van der Waals surface area contributed by atoms with Gasteiger partial charge in [0.25, 0.3) is 11.8 Å².